The average molecular weight is 135 g/mol. The second-order valence-corrected chi connectivity index (χ2v) is 2.07. The van der Waals surface area contributed by atoms with Gasteiger partial charge < -0.3 is 4.52 Å². The number of allylic oxidation sites excluding steroid dienone is 1. The maximum absolute atomic E-state index is 4.90. The first-order valence-corrected chi connectivity index (χ1v) is 2.98. The van der Waals surface area contributed by atoms with Gasteiger partial charge in [0.1, 0.15) is 0 Å². The van der Waals surface area contributed by atoms with Gasteiger partial charge in [-0.15, -0.1) is 0 Å². The second kappa shape index (κ2) is 2.52. The largest absolute Gasteiger partial charge is 0.356 e. The van der Waals surface area contributed by atoms with Gasteiger partial charge in [-0.05, 0) is 12.5 Å². The Kier molecular flexibility index (Phi) is 1.71. The highest BCUT2D eigenvalue weighted by atomic mass is 16.5. The van der Waals surface area contributed by atoms with Gasteiger partial charge in [-0.3, -0.25) is 0 Å². The van der Waals surface area contributed by atoms with E-state index in [2.05, 4.69) is 18.3 Å². The third kappa shape index (κ3) is 1.00. The molecular weight excluding hydrogens is 126 g/mol. The summed E-state index contributed by atoms with van der Waals surface area (Å²) in [5, 5.41) is 4.39. The Bertz CT molecular complexity index is 334. The van der Waals surface area contributed by atoms with E-state index >= 15 is 0 Å². The van der Waals surface area contributed by atoms with Gasteiger partial charge >= 0.3 is 0 Å². The molecule has 0 bridgehead atoms. The summed E-state index contributed by atoms with van der Waals surface area (Å²) in [6, 6.07) is 0. The molecule has 2 nitrogen and oxygen atoms in total. The van der Waals surface area contributed by atoms with E-state index < -0.39 is 0 Å². The number of rotatable bonds is 1. The first-order chi connectivity index (χ1) is 4.75. The van der Waals surface area contributed by atoms with Crippen LogP contribution in [0.1, 0.15) is 6.92 Å². The van der Waals surface area contributed by atoms with E-state index in [1.54, 1.807) is 12.3 Å². The van der Waals surface area contributed by atoms with Crippen LogP contribution in [0.25, 0.3) is 12.2 Å². The third-order valence-electron chi connectivity index (χ3n) is 1.31. The van der Waals surface area contributed by atoms with Crippen LogP contribution in [0.3, 0.4) is 0 Å². The van der Waals surface area contributed by atoms with E-state index in [1.807, 2.05) is 6.92 Å². The topological polar surface area (TPSA) is 26.0 Å². The lowest BCUT2D eigenvalue weighted by atomic mass is 10.3. The van der Waals surface area contributed by atoms with Gasteiger partial charge in [-0.1, -0.05) is 24.4 Å². The lowest BCUT2D eigenvalue weighted by Gasteiger charge is -1.81. The smallest absolute Gasteiger partial charge is 0.169 e. The number of hydrogen-bond acceptors (Lipinski definition) is 2. The molecule has 0 aliphatic carbocycles. The van der Waals surface area contributed by atoms with Gasteiger partial charge in [0.15, 0.2) is 5.42 Å². The van der Waals surface area contributed by atoms with Crippen molar-refractivity contribution in [1.82, 2.24) is 5.16 Å². The monoisotopic (exact) mass is 135 g/mol. The molecule has 1 aromatic rings. The van der Waals surface area contributed by atoms with Crippen molar-refractivity contribution >= 4 is 12.2 Å². The fourth-order valence-corrected chi connectivity index (χ4v) is 0.678. The van der Waals surface area contributed by atoms with Crippen LogP contribution in [0.5, 0.6) is 0 Å². The van der Waals surface area contributed by atoms with Gasteiger partial charge in [0.25, 0.3) is 0 Å². The van der Waals surface area contributed by atoms with E-state index in [0.29, 0.717) is 0 Å². The molecule has 2 heteroatoms. The van der Waals surface area contributed by atoms with E-state index in [0.717, 1.165) is 16.2 Å². The lowest BCUT2D eigenvalue weighted by Crippen LogP contribution is -2.18. The zero-order chi connectivity index (χ0) is 7.56. The first-order valence-electron chi connectivity index (χ1n) is 2.98. The van der Waals surface area contributed by atoms with Crippen molar-refractivity contribution in [3.63, 3.8) is 0 Å². The summed E-state index contributed by atoms with van der Waals surface area (Å²) in [4.78, 5) is 0. The second-order valence-electron chi connectivity index (χ2n) is 2.07. The molecule has 0 aliphatic rings. The molecule has 1 aromatic heterocycles. The molecule has 0 N–H and O–H groups in total. The molecule has 0 unspecified atom stereocenters. The van der Waals surface area contributed by atoms with E-state index in [1.165, 1.54) is 0 Å². The third-order valence-corrected chi connectivity index (χ3v) is 1.31. The Morgan fingerprint density at radius 2 is 2.50 bits per heavy atom. The Morgan fingerprint density at radius 1 is 1.80 bits per heavy atom. The summed E-state index contributed by atoms with van der Waals surface area (Å²) in [7, 11) is 0. The van der Waals surface area contributed by atoms with Crippen LogP contribution in [0.2, 0.25) is 0 Å². The van der Waals surface area contributed by atoms with E-state index in [-0.39, 0.29) is 0 Å². The van der Waals surface area contributed by atoms with Gasteiger partial charge in [0, 0.05) is 5.22 Å². The van der Waals surface area contributed by atoms with Crippen molar-refractivity contribution in [2.75, 3.05) is 0 Å². The number of nitrogens with zero attached hydrogens (tertiary/aromatic N) is 1. The molecule has 10 heavy (non-hydrogen) atoms. The number of hydrogen-bond donors (Lipinski definition) is 0. The number of aromatic nitrogens is 1. The fourth-order valence-electron chi connectivity index (χ4n) is 0.678. The molecule has 0 spiro atoms. The van der Waals surface area contributed by atoms with E-state index in [9.17, 15) is 0 Å². The summed E-state index contributed by atoms with van der Waals surface area (Å²) in [6.07, 6.45) is 3.30. The predicted molar refractivity (Wildman–Crippen MR) is 40.6 cm³/mol. The molecule has 1 rings (SSSR count). The minimum Gasteiger partial charge on any atom is -0.356 e. The lowest BCUT2D eigenvalue weighted by molar-refractivity contribution is 0.392. The first kappa shape index (κ1) is 6.81. The van der Waals surface area contributed by atoms with Crippen LogP contribution in [0, 0.1) is 0 Å². The van der Waals surface area contributed by atoms with Crippen LogP contribution >= 0.6 is 0 Å². The highest BCUT2D eigenvalue weighted by Crippen LogP contribution is 1.86. The van der Waals surface area contributed by atoms with Crippen LogP contribution < -0.4 is 10.6 Å². The molecule has 52 valence electrons. The van der Waals surface area contributed by atoms with Crippen LogP contribution in [-0.2, 0) is 0 Å². The molecule has 0 saturated carbocycles. The van der Waals surface area contributed by atoms with Crippen molar-refractivity contribution in [2.45, 2.75) is 6.92 Å². The van der Waals surface area contributed by atoms with Crippen molar-refractivity contribution in [2.24, 2.45) is 0 Å². The Balaban J connectivity index is 3.55. The quantitative estimate of drug-likeness (QED) is 0.558. The average Bonchev–Trinajstić information content (AvgIpc) is 2.34. The fraction of sp³-hybridized carbons (Fsp3) is 0.125. The minimum atomic E-state index is 0.718. The summed E-state index contributed by atoms with van der Waals surface area (Å²) in [5.74, 6) is 0. The molecule has 0 atom stereocenters. The molecule has 0 fully saturated rings. The highest BCUT2D eigenvalue weighted by molar-refractivity contribution is 5.50. The van der Waals surface area contributed by atoms with Crippen LogP contribution in [-0.4, -0.2) is 5.16 Å². The zero-order valence-electron chi connectivity index (χ0n) is 5.92. The zero-order valence-corrected chi connectivity index (χ0v) is 5.92. The SMILES string of the molecule is C=C/C(C)=c1/oncc1=C. The van der Waals surface area contributed by atoms with Crippen molar-refractivity contribution in [1.29, 1.82) is 0 Å². The minimum absolute atomic E-state index is 0.718. The van der Waals surface area contributed by atoms with Crippen LogP contribution in [0.15, 0.2) is 23.4 Å². The van der Waals surface area contributed by atoms with Gasteiger partial charge in [0.2, 0.25) is 0 Å². The van der Waals surface area contributed by atoms with Crippen molar-refractivity contribution in [3.05, 3.63) is 29.5 Å². The Labute approximate surface area is 59.2 Å². The summed E-state index contributed by atoms with van der Waals surface area (Å²) in [5.41, 5.74) is 1.68. The Morgan fingerprint density at radius 3 is 2.90 bits per heavy atom. The standard InChI is InChI=1S/C8H9NO/c1-4-6(2)8-7(3)5-9-10-8/h4-5H,1,3H2,2H3/b8-6+. The predicted octanol–water partition coefficient (Wildman–Crippen LogP) is 0.442. The molecule has 1 heterocycles. The molecule has 0 amide bonds. The Hall–Kier alpha value is -1.31. The van der Waals surface area contributed by atoms with Gasteiger partial charge in [0.05, 0.1) is 6.20 Å². The normalized spacial score (nSPS) is 12.9. The van der Waals surface area contributed by atoms with Crippen LogP contribution in [0.4, 0.5) is 0 Å². The molecule has 0 radical (unpaired) electrons. The summed E-state index contributed by atoms with van der Waals surface area (Å²) < 4.78 is 4.90. The highest BCUT2D eigenvalue weighted by Gasteiger charge is 1.89. The summed E-state index contributed by atoms with van der Waals surface area (Å²) in [6.45, 7) is 9.23. The maximum Gasteiger partial charge on any atom is 0.169 e. The molecule has 0 aromatic carbocycles. The van der Waals surface area contributed by atoms with Gasteiger partial charge in [-0.2, -0.15) is 0 Å². The van der Waals surface area contributed by atoms with E-state index in [4.69, 9.17) is 4.52 Å². The van der Waals surface area contributed by atoms with Gasteiger partial charge in [-0.25, -0.2) is 0 Å². The van der Waals surface area contributed by atoms with Crippen molar-refractivity contribution < 1.29 is 4.52 Å². The molecular formula is C8H9NO. The van der Waals surface area contributed by atoms with Crippen molar-refractivity contribution in [3.8, 4) is 0 Å². The summed E-state index contributed by atoms with van der Waals surface area (Å²) >= 11 is 0. The maximum atomic E-state index is 4.90. The molecule has 0 aliphatic heterocycles. The molecule has 0 saturated heterocycles.